The first-order valence-corrected chi connectivity index (χ1v) is 7.50. The third-order valence-corrected chi connectivity index (χ3v) is 4.36. The quantitative estimate of drug-likeness (QED) is 0.925. The first-order chi connectivity index (χ1) is 9.26. The van der Waals surface area contributed by atoms with E-state index in [-0.39, 0.29) is 17.9 Å². The summed E-state index contributed by atoms with van der Waals surface area (Å²) in [6.45, 7) is 0.895. The zero-order chi connectivity index (χ0) is 13.1. The molecule has 0 amide bonds. The Kier molecular flexibility index (Phi) is 5.41. The summed E-state index contributed by atoms with van der Waals surface area (Å²) in [6.07, 6.45) is 10.0. The van der Waals surface area contributed by atoms with Crippen LogP contribution in [0.4, 0.5) is 0 Å². The van der Waals surface area contributed by atoms with Crippen molar-refractivity contribution < 1.29 is 9.26 Å². The summed E-state index contributed by atoms with van der Waals surface area (Å²) in [6, 6.07) is 0. The lowest BCUT2D eigenvalue weighted by atomic mass is 9.98. The van der Waals surface area contributed by atoms with Crippen molar-refractivity contribution in [3.8, 4) is 0 Å². The molecular weight excluding hydrogens is 278 g/mol. The molecule has 0 spiro atoms. The fourth-order valence-corrected chi connectivity index (χ4v) is 3.11. The maximum absolute atomic E-state index is 6.32. The molecule has 1 unspecified atom stereocenters. The van der Waals surface area contributed by atoms with Crippen molar-refractivity contribution in [2.45, 2.75) is 69.4 Å². The fraction of sp³-hybridized carbons (Fsp3) is 0.857. The van der Waals surface area contributed by atoms with E-state index in [0.717, 1.165) is 51.6 Å². The third kappa shape index (κ3) is 3.51. The Morgan fingerprint density at radius 1 is 1.20 bits per heavy atom. The van der Waals surface area contributed by atoms with Crippen LogP contribution in [0.25, 0.3) is 0 Å². The Morgan fingerprint density at radius 3 is 2.70 bits per heavy atom. The normalized spacial score (nSPS) is 25.4. The van der Waals surface area contributed by atoms with E-state index in [1.54, 1.807) is 0 Å². The summed E-state index contributed by atoms with van der Waals surface area (Å²) in [4.78, 5) is 4.49. The maximum Gasteiger partial charge on any atom is 0.226 e. The second-order valence-corrected chi connectivity index (χ2v) is 5.90. The van der Waals surface area contributed by atoms with Crippen LogP contribution < -0.4 is 5.73 Å². The van der Waals surface area contributed by atoms with E-state index < -0.39 is 0 Å². The van der Waals surface area contributed by atoms with E-state index in [2.05, 4.69) is 10.1 Å². The van der Waals surface area contributed by atoms with Gasteiger partial charge in [-0.15, -0.1) is 12.4 Å². The number of hydrogen-bond acceptors (Lipinski definition) is 5. The predicted octanol–water partition coefficient (Wildman–Crippen LogP) is 2.72. The molecule has 1 atom stereocenters. The Balaban J connectivity index is 0.00000147. The lowest BCUT2D eigenvalue weighted by molar-refractivity contribution is 0.0104. The number of rotatable bonds is 4. The summed E-state index contributed by atoms with van der Waals surface area (Å²) in [7, 11) is 0. The molecule has 1 aromatic heterocycles. The van der Waals surface area contributed by atoms with Gasteiger partial charge in [0.25, 0.3) is 0 Å². The standard InChI is InChI=1S/C14H23N3O2.ClH/c15-14(8-2-3-9-14)13-16-12(19-17-13)7-6-11-5-1-4-10-18-11;/h11H,1-10,15H2;1H. The lowest BCUT2D eigenvalue weighted by Gasteiger charge is -2.21. The van der Waals surface area contributed by atoms with E-state index in [0.29, 0.717) is 17.8 Å². The molecule has 0 aromatic carbocycles. The summed E-state index contributed by atoms with van der Waals surface area (Å²) in [5.74, 6) is 1.41. The smallest absolute Gasteiger partial charge is 0.226 e. The average Bonchev–Trinajstić information content (AvgIpc) is 3.07. The third-order valence-electron chi connectivity index (χ3n) is 4.36. The number of aromatic nitrogens is 2. The molecule has 1 saturated heterocycles. The molecule has 1 aliphatic heterocycles. The Labute approximate surface area is 126 Å². The summed E-state index contributed by atoms with van der Waals surface area (Å²) >= 11 is 0. The fourth-order valence-electron chi connectivity index (χ4n) is 3.11. The van der Waals surface area contributed by atoms with Gasteiger partial charge in [-0.05, 0) is 38.5 Å². The van der Waals surface area contributed by atoms with E-state index in [9.17, 15) is 0 Å². The van der Waals surface area contributed by atoms with Gasteiger partial charge in [0.2, 0.25) is 5.89 Å². The lowest BCUT2D eigenvalue weighted by Crippen LogP contribution is -2.34. The minimum absolute atomic E-state index is 0. The molecule has 2 fully saturated rings. The van der Waals surface area contributed by atoms with E-state index in [4.69, 9.17) is 15.0 Å². The largest absolute Gasteiger partial charge is 0.378 e. The zero-order valence-electron chi connectivity index (χ0n) is 11.8. The van der Waals surface area contributed by atoms with E-state index >= 15 is 0 Å². The van der Waals surface area contributed by atoms with Crippen molar-refractivity contribution >= 4 is 12.4 Å². The molecule has 1 aliphatic carbocycles. The van der Waals surface area contributed by atoms with Crippen molar-refractivity contribution in [3.05, 3.63) is 11.7 Å². The van der Waals surface area contributed by atoms with Gasteiger partial charge in [0.15, 0.2) is 5.82 Å². The van der Waals surface area contributed by atoms with Gasteiger partial charge in [-0.3, -0.25) is 0 Å². The van der Waals surface area contributed by atoms with Crippen LogP contribution in [0.2, 0.25) is 0 Å². The molecule has 2 aliphatic rings. The summed E-state index contributed by atoms with van der Waals surface area (Å²) in [5, 5.41) is 4.08. The number of halogens is 1. The van der Waals surface area contributed by atoms with Crippen LogP contribution in [-0.4, -0.2) is 22.9 Å². The van der Waals surface area contributed by atoms with Crippen LogP contribution in [0.3, 0.4) is 0 Å². The SMILES string of the molecule is Cl.NC1(c2noc(CCC3CCCCO3)n2)CCCC1. The second-order valence-electron chi connectivity index (χ2n) is 5.90. The van der Waals surface area contributed by atoms with E-state index in [1.807, 2.05) is 0 Å². The topological polar surface area (TPSA) is 74.2 Å². The van der Waals surface area contributed by atoms with Crippen molar-refractivity contribution in [3.63, 3.8) is 0 Å². The Hall–Kier alpha value is -0.650. The zero-order valence-corrected chi connectivity index (χ0v) is 12.7. The highest BCUT2D eigenvalue weighted by molar-refractivity contribution is 5.85. The van der Waals surface area contributed by atoms with Crippen LogP contribution in [0.1, 0.15) is 63.1 Å². The van der Waals surface area contributed by atoms with Gasteiger partial charge in [0.1, 0.15) is 0 Å². The number of nitrogens with two attached hydrogens (primary N) is 1. The minimum Gasteiger partial charge on any atom is -0.378 e. The summed E-state index contributed by atoms with van der Waals surface area (Å²) < 4.78 is 11.0. The van der Waals surface area contributed by atoms with Crippen molar-refractivity contribution in [2.24, 2.45) is 5.73 Å². The number of ether oxygens (including phenoxy) is 1. The molecule has 1 saturated carbocycles. The molecule has 114 valence electrons. The Morgan fingerprint density at radius 2 is 2.00 bits per heavy atom. The first kappa shape index (κ1) is 15.7. The monoisotopic (exact) mass is 301 g/mol. The van der Waals surface area contributed by atoms with Gasteiger partial charge >= 0.3 is 0 Å². The van der Waals surface area contributed by atoms with Crippen LogP contribution >= 0.6 is 12.4 Å². The Bertz CT molecular complexity index is 412. The average molecular weight is 302 g/mol. The highest BCUT2D eigenvalue weighted by atomic mass is 35.5. The highest BCUT2D eigenvalue weighted by Gasteiger charge is 2.35. The predicted molar refractivity (Wildman–Crippen MR) is 77.8 cm³/mol. The molecule has 2 heterocycles. The van der Waals surface area contributed by atoms with Gasteiger partial charge in [-0.1, -0.05) is 18.0 Å². The van der Waals surface area contributed by atoms with Gasteiger partial charge < -0.3 is 15.0 Å². The molecule has 5 nitrogen and oxygen atoms in total. The van der Waals surface area contributed by atoms with E-state index in [1.165, 1.54) is 12.8 Å². The van der Waals surface area contributed by atoms with Crippen LogP contribution in [0, 0.1) is 0 Å². The van der Waals surface area contributed by atoms with Crippen LogP contribution in [0.5, 0.6) is 0 Å². The molecule has 1 aromatic rings. The van der Waals surface area contributed by atoms with Gasteiger partial charge in [-0.25, -0.2) is 0 Å². The molecule has 0 bridgehead atoms. The van der Waals surface area contributed by atoms with Crippen molar-refractivity contribution in [1.82, 2.24) is 10.1 Å². The molecular formula is C14H24ClN3O2. The van der Waals surface area contributed by atoms with Gasteiger partial charge in [-0.2, -0.15) is 4.98 Å². The van der Waals surface area contributed by atoms with Crippen LogP contribution in [-0.2, 0) is 16.7 Å². The molecule has 20 heavy (non-hydrogen) atoms. The summed E-state index contributed by atoms with van der Waals surface area (Å²) in [5.41, 5.74) is 5.98. The second kappa shape index (κ2) is 6.87. The molecule has 2 N–H and O–H groups in total. The highest BCUT2D eigenvalue weighted by Crippen LogP contribution is 2.34. The molecule has 0 radical (unpaired) electrons. The number of nitrogens with zero attached hydrogens (tertiary/aromatic N) is 2. The van der Waals surface area contributed by atoms with Crippen molar-refractivity contribution in [1.29, 1.82) is 0 Å². The van der Waals surface area contributed by atoms with Gasteiger partial charge in [0.05, 0.1) is 11.6 Å². The number of hydrogen-bond donors (Lipinski definition) is 1. The molecule has 6 heteroatoms. The minimum atomic E-state index is -0.344. The van der Waals surface area contributed by atoms with Gasteiger partial charge in [0, 0.05) is 13.0 Å². The van der Waals surface area contributed by atoms with Crippen LogP contribution in [0.15, 0.2) is 4.52 Å². The van der Waals surface area contributed by atoms with Crippen molar-refractivity contribution in [2.75, 3.05) is 6.61 Å². The molecule has 3 rings (SSSR count). The number of aryl methyl sites for hydroxylation is 1. The maximum atomic E-state index is 6.32. The first-order valence-electron chi connectivity index (χ1n) is 7.50.